The summed E-state index contributed by atoms with van der Waals surface area (Å²) in [4.78, 5) is 4.07. The molecule has 2 N–H and O–H groups in total. The Hall–Kier alpha value is -1.61. The summed E-state index contributed by atoms with van der Waals surface area (Å²) in [5, 5.41) is 0. The Bertz CT molecular complexity index is 392. The minimum atomic E-state index is 0.535. The molecule has 0 bridgehead atoms. The van der Waals surface area contributed by atoms with Crippen molar-refractivity contribution in [1.82, 2.24) is 9.55 Å². The Morgan fingerprint density at radius 2 is 2.00 bits per heavy atom. The van der Waals surface area contributed by atoms with E-state index in [1.807, 2.05) is 30.7 Å². The van der Waals surface area contributed by atoms with Crippen molar-refractivity contribution in [3.63, 3.8) is 0 Å². The van der Waals surface area contributed by atoms with Gasteiger partial charge in [-0.15, -0.1) is 0 Å². The molecule has 3 nitrogen and oxygen atoms in total. The van der Waals surface area contributed by atoms with Crippen LogP contribution in [0.25, 0.3) is 0 Å². The van der Waals surface area contributed by atoms with Gasteiger partial charge in [0, 0.05) is 19.3 Å². The van der Waals surface area contributed by atoms with Gasteiger partial charge in [-0.2, -0.15) is 0 Å². The van der Waals surface area contributed by atoms with Crippen molar-refractivity contribution in [3.8, 4) is 0 Å². The molecule has 0 aliphatic rings. The maximum absolute atomic E-state index is 5.59. The fourth-order valence-corrected chi connectivity index (χ4v) is 1.44. The van der Waals surface area contributed by atoms with E-state index in [1.54, 1.807) is 0 Å². The number of imidazole rings is 1. The van der Waals surface area contributed by atoms with Crippen molar-refractivity contribution < 1.29 is 0 Å². The molecule has 3 heteroatoms. The van der Waals surface area contributed by atoms with E-state index in [-0.39, 0.29) is 0 Å². The first-order valence-electron chi connectivity index (χ1n) is 4.63. The van der Waals surface area contributed by atoms with Gasteiger partial charge in [0.1, 0.15) is 0 Å². The van der Waals surface area contributed by atoms with E-state index in [0.717, 1.165) is 12.2 Å². The topological polar surface area (TPSA) is 43.8 Å². The average molecular weight is 187 g/mol. The molecule has 0 amide bonds. The Labute approximate surface area is 83.2 Å². The summed E-state index contributed by atoms with van der Waals surface area (Å²) in [6.45, 7) is 1.38. The molecule has 14 heavy (non-hydrogen) atoms. The van der Waals surface area contributed by atoms with Crippen LogP contribution in [0.2, 0.25) is 0 Å². The van der Waals surface area contributed by atoms with E-state index < -0.39 is 0 Å². The molecule has 0 aliphatic heterocycles. The zero-order valence-electron chi connectivity index (χ0n) is 7.93. The standard InChI is InChI=1S/C11H13N3/c12-6-11-7-13-9-14(11)8-10-4-2-1-3-5-10/h1-5,7,9H,6,8,12H2. The lowest BCUT2D eigenvalue weighted by Gasteiger charge is -2.05. The molecule has 1 heterocycles. The molecule has 0 aliphatic carbocycles. The summed E-state index contributed by atoms with van der Waals surface area (Å²) < 4.78 is 2.06. The second kappa shape index (κ2) is 4.07. The van der Waals surface area contributed by atoms with Crippen LogP contribution in [0.3, 0.4) is 0 Å². The van der Waals surface area contributed by atoms with Gasteiger partial charge >= 0.3 is 0 Å². The third-order valence-corrected chi connectivity index (χ3v) is 2.20. The van der Waals surface area contributed by atoms with E-state index in [4.69, 9.17) is 5.73 Å². The van der Waals surface area contributed by atoms with Crippen molar-refractivity contribution in [3.05, 3.63) is 54.1 Å². The molecule has 0 unspecified atom stereocenters. The molecule has 1 aromatic carbocycles. The van der Waals surface area contributed by atoms with E-state index in [9.17, 15) is 0 Å². The lowest BCUT2D eigenvalue weighted by molar-refractivity contribution is 0.740. The van der Waals surface area contributed by atoms with Gasteiger partial charge in [-0.25, -0.2) is 4.98 Å². The SMILES string of the molecule is NCc1cncn1Cc1ccccc1. The summed E-state index contributed by atoms with van der Waals surface area (Å²) in [6, 6.07) is 10.3. The minimum Gasteiger partial charge on any atom is -0.329 e. The third-order valence-electron chi connectivity index (χ3n) is 2.20. The fourth-order valence-electron chi connectivity index (χ4n) is 1.44. The first kappa shape index (κ1) is 8.97. The van der Waals surface area contributed by atoms with Crippen molar-refractivity contribution in [1.29, 1.82) is 0 Å². The van der Waals surface area contributed by atoms with Crippen molar-refractivity contribution >= 4 is 0 Å². The lowest BCUT2D eigenvalue weighted by Crippen LogP contribution is -2.07. The van der Waals surface area contributed by atoms with Crippen LogP contribution in [0, 0.1) is 0 Å². The average Bonchev–Trinajstić information content (AvgIpc) is 2.67. The fraction of sp³-hybridized carbons (Fsp3) is 0.182. The number of rotatable bonds is 3. The summed E-state index contributed by atoms with van der Waals surface area (Å²) >= 11 is 0. The van der Waals surface area contributed by atoms with Crippen LogP contribution in [0.4, 0.5) is 0 Å². The van der Waals surface area contributed by atoms with E-state index in [0.29, 0.717) is 6.54 Å². The molecule has 72 valence electrons. The predicted molar refractivity (Wildman–Crippen MR) is 55.7 cm³/mol. The number of benzene rings is 1. The second-order valence-corrected chi connectivity index (χ2v) is 3.20. The van der Waals surface area contributed by atoms with Gasteiger partial charge in [0.15, 0.2) is 0 Å². The molecule has 2 rings (SSSR count). The van der Waals surface area contributed by atoms with Crippen LogP contribution in [0.15, 0.2) is 42.9 Å². The zero-order chi connectivity index (χ0) is 9.80. The van der Waals surface area contributed by atoms with Crippen molar-refractivity contribution in [2.75, 3.05) is 0 Å². The number of hydrogen-bond acceptors (Lipinski definition) is 2. The number of aromatic nitrogens is 2. The molecule has 0 saturated heterocycles. The van der Waals surface area contributed by atoms with E-state index in [1.165, 1.54) is 5.56 Å². The summed E-state index contributed by atoms with van der Waals surface area (Å²) in [5.41, 5.74) is 7.92. The highest BCUT2D eigenvalue weighted by atomic mass is 15.0. The number of hydrogen-bond donors (Lipinski definition) is 1. The normalized spacial score (nSPS) is 10.4. The highest BCUT2D eigenvalue weighted by Crippen LogP contribution is 2.05. The molecular weight excluding hydrogens is 174 g/mol. The Kier molecular flexibility index (Phi) is 2.60. The molecule has 0 radical (unpaired) electrons. The van der Waals surface area contributed by atoms with E-state index >= 15 is 0 Å². The van der Waals surface area contributed by atoms with Crippen molar-refractivity contribution in [2.24, 2.45) is 5.73 Å². The highest BCUT2D eigenvalue weighted by Gasteiger charge is 1.99. The van der Waals surface area contributed by atoms with Gasteiger partial charge in [-0.05, 0) is 5.56 Å². The van der Waals surface area contributed by atoms with Crippen molar-refractivity contribution in [2.45, 2.75) is 13.1 Å². The first-order chi connectivity index (χ1) is 6.90. The smallest absolute Gasteiger partial charge is 0.0951 e. The summed E-state index contributed by atoms with van der Waals surface area (Å²) in [6.07, 6.45) is 3.62. The monoisotopic (exact) mass is 187 g/mol. The zero-order valence-corrected chi connectivity index (χ0v) is 7.93. The molecule has 1 aromatic heterocycles. The van der Waals surface area contributed by atoms with Gasteiger partial charge < -0.3 is 10.3 Å². The van der Waals surface area contributed by atoms with Crippen LogP contribution in [0.1, 0.15) is 11.3 Å². The summed E-state index contributed by atoms with van der Waals surface area (Å²) in [7, 11) is 0. The van der Waals surface area contributed by atoms with Gasteiger partial charge in [0.05, 0.1) is 12.0 Å². The largest absolute Gasteiger partial charge is 0.329 e. The Morgan fingerprint density at radius 1 is 1.21 bits per heavy atom. The molecule has 0 atom stereocenters. The molecule has 0 saturated carbocycles. The van der Waals surface area contributed by atoms with Gasteiger partial charge in [0.25, 0.3) is 0 Å². The predicted octanol–water partition coefficient (Wildman–Crippen LogP) is 1.39. The maximum atomic E-state index is 5.59. The van der Waals surface area contributed by atoms with E-state index in [2.05, 4.69) is 21.7 Å². The van der Waals surface area contributed by atoms with Gasteiger partial charge in [-0.1, -0.05) is 30.3 Å². The first-order valence-corrected chi connectivity index (χ1v) is 4.63. The molecule has 0 fully saturated rings. The molecule has 2 aromatic rings. The quantitative estimate of drug-likeness (QED) is 0.789. The third kappa shape index (κ3) is 1.83. The van der Waals surface area contributed by atoms with Crippen LogP contribution in [0.5, 0.6) is 0 Å². The lowest BCUT2D eigenvalue weighted by atomic mass is 10.2. The number of nitrogens with zero attached hydrogens (tertiary/aromatic N) is 2. The van der Waals surface area contributed by atoms with Crippen LogP contribution < -0.4 is 5.73 Å². The van der Waals surface area contributed by atoms with Crippen LogP contribution in [-0.2, 0) is 13.1 Å². The maximum Gasteiger partial charge on any atom is 0.0951 e. The molecular formula is C11H13N3. The number of nitrogens with two attached hydrogens (primary N) is 1. The van der Waals surface area contributed by atoms with Gasteiger partial charge in [-0.3, -0.25) is 0 Å². The Morgan fingerprint density at radius 3 is 2.71 bits per heavy atom. The summed E-state index contributed by atoms with van der Waals surface area (Å²) in [5.74, 6) is 0. The minimum absolute atomic E-state index is 0.535. The molecule has 0 spiro atoms. The van der Waals surface area contributed by atoms with Crippen LogP contribution >= 0.6 is 0 Å². The van der Waals surface area contributed by atoms with Crippen LogP contribution in [-0.4, -0.2) is 9.55 Å². The second-order valence-electron chi connectivity index (χ2n) is 3.20. The van der Waals surface area contributed by atoms with Gasteiger partial charge in [0.2, 0.25) is 0 Å². The highest BCUT2D eigenvalue weighted by molar-refractivity contribution is 5.16. The Balaban J connectivity index is 2.19.